The van der Waals surface area contributed by atoms with Crippen LogP contribution >= 0.6 is 15.9 Å². The normalized spacial score (nSPS) is 14.5. The number of rotatable bonds is 5. The van der Waals surface area contributed by atoms with Gasteiger partial charge in [-0.2, -0.15) is 0 Å². The summed E-state index contributed by atoms with van der Waals surface area (Å²) in [5.74, 6) is 1.27. The molecule has 0 bridgehead atoms. The van der Waals surface area contributed by atoms with Crippen molar-refractivity contribution in [3.63, 3.8) is 0 Å². The number of hydrogen-bond acceptors (Lipinski definition) is 2. The SMILES string of the molecule is CCNC(=O)c1cc(Br)ccc1OCC1CC1. The van der Waals surface area contributed by atoms with Crippen LogP contribution < -0.4 is 10.1 Å². The zero-order chi connectivity index (χ0) is 12.3. The van der Waals surface area contributed by atoms with Crippen LogP contribution in [0.25, 0.3) is 0 Å². The first kappa shape index (κ1) is 12.4. The van der Waals surface area contributed by atoms with Gasteiger partial charge in [0, 0.05) is 11.0 Å². The predicted molar refractivity (Wildman–Crippen MR) is 70.4 cm³/mol. The Hall–Kier alpha value is -1.03. The fourth-order valence-electron chi connectivity index (χ4n) is 1.55. The fraction of sp³-hybridized carbons (Fsp3) is 0.462. The maximum Gasteiger partial charge on any atom is 0.255 e. The van der Waals surface area contributed by atoms with Crippen LogP contribution in [0.5, 0.6) is 5.75 Å². The van der Waals surface area contributed by atoms with E-state index in [9.17, 15) is 4.79 Å². The molecule has 1 aliphatic carbocycles. The highest BCUT2D eigenvalue weighted by Crippen LogP contribution is 2.31. The second kappa shape index (κ2) is 5.54. The number of hydrogen-bond donors (Lipinski definition) is 1. The zero-order valence-electron chi connectivity index (χ0n) is 9.83. The second-order valence-corrected chi connectivity index (χ2v) is 5.17. The number of halogens is 1. The van der Waals surface area contributed by atoms with E-state index in [4.69, 9.17) is 4.74 Å². The molecule has 1 amide bonds. The number of carbonyl (C=O) groups is 1. The Morgan fingerprint density at radius 1 is 1.53 bits per heavy atom. The van der Waals surface area contributed by atoms with E-state index in [2.05, 4.69) is 21.2 Å². The van der Waals surface area contributed by atoms with Crippen molar-refractivity contribution in [1.82, 2.24) is 5.32 Å². The topological polar surface area (TPSA) is 38.3 Å². The van der Waals surface area contributed by atoms with Crippen LogP contribution in [0.15, 0.2) is 22.7 Å². The van der Waals surface area contributed by atoms with Gasteiger partial charge in [-0.05, 0) is 43.9 Å². The second-order valence-electron chi connectivity index (χ2n) is 4.25. The lowest BCUT2D eigenvalue weighted by Crippen LogP contribution is -2.23. The van der Waals surface area contributed by atoms with Crippen LogP contribution in [0.2, 0.25) is 0 Å². The van der Waals surface area contributed by atoms with Crippen LogP contribution in [-0.4, -0.2) is 19.1 Å². The average molecular weight is 298 g/mol. The third-order valence-electron chi connectivity index (χ3n) is 2.70. The van der Waals surface area contributed by atoms with E-state index in [1.807, 2.05) is 19.1 Å². The smallest absolute Gasteiger partial charge is 0.255 e. The van der Waals surface area contributed by atoms with Gasteiger partial charge in [0.1, 0.15) is 5.75 Å². The highest BCUT2D eigenvalue weighted by atomic mass is 79.9. The van der Waals surface area contributed by atoms with Gasteiger partial charge in [0.05, 0.1) is 12.2 Å². The summed E-state index contributed by atoms with van der Waals surface area (Å²) in [7, 11) is 0. The van der Waals surface area contributed by atoms with Crippen molar-refractivity contribution in [3.05, 3.63) is 28.2 Å². The van der Waals surface area contributed by atoms with E-state index in [1.54, 1.807) is 6.07 Å². The summed E-state index contributed by atoms with van der Waals surface area (Å²) in [5.41, 5.74) is 0.599. The van der Waals surface area contributed by atoms with Gasteiger partial charge in [0.25, 0.3) is 5.91 Å². The molecule has 4 heteroatoms. The molecule has 1 aromatic carbocycles. The number of ether oxygens (including phenoxy) is 1. The van der Waals surface area contributed by atoms with Gasteiger partial charge in [-0.25, -0.2) is 0 Å². The van der Waals surface area contributed by atoms with Gasteiger partial charge in [0.15, 0.2) is 0 Å². The molecule has 0 saturated heterocycles. The van der Waals surface area contributed by atoms with Crippen molar-refractivity contribution < 1.29 is 9.53 Å². The van der Waals surface area contributed by atoms with Crippen LogP contribution in [-0.2, 0) is 0 Å². The van der Waals surface area contributed by atoms with Crippen LogP contribution in [0.1, 0.15) is 30.1 Å². The molecule has 0 aromatic heterocycles. The molecule has 1 fully saturated rings. The third-order valence-corrected chi connectivity index (χ3v) is 3.19. The molecule has 1 saturated carbocycles. The van der Waals surface area contributed by atoms with Crippen LogP contribution in [0.3, 0.4) is 0 Å². The third kappa shape index (κ3) is 3.46. The van der Waals surface area contributed by atoms with Crippen molar-refractivity contribution in [2.45, 2.75) is 19.8 Å². The highest BCUT2D eigenvalue weighted by molar-refractivity contribution is 9.10. The number of amides is 1. The minimum Gasteiger partial charge on any atom is -0.492 e. The van der Waals surface area contributed by atoms with Crippen molar-refractivity contribution in [2.75, 3.05) is 13.2 Å². The molecular formula is C13H16BrNO2. The lowest BCUT2D eigenvalue weighted by molar-refractivity contribution is 0.0951. The summed E-state index contributed by atoms with van der Waals surface area (Å²) in [4.78, 5) is 11.9. The molecule has 92 valence electrons. The monoisotopic (exact) mass is 297 g/mol. The van der Waals surface area contributed by atoms with Crippen molar-refractivity contribution >= 4 is 21.8 Å². The molecule has 0 aliphatic heterocycles. The van der Waals surface area contributed by atoms with E-state index >= 15 is 0 Å². The molecule has 0 radical (unpaired) electrons. The Morgan fingerprint density at radius 2 is 2.29 bits per heavy atom. The van der Waals surface area contributed by atoms with E-state index in [1.165, 1.54) is 12.8 Å². The molecule has 1 aliphatic rings. The maximum absolute atomic E-state index is 11.9. The molecule has 0 unspecified atom stereocenters. The van der Waals surface area contributed by atoms with E-state index in [0.717, 1.165) is 4.47 Å². The fourth-order valence-corrected chi connectivity index (χ4v) is 1.91. The van der Waals surface area contributed by atoms with E-state index in [0.29, 0.717) is 30.4 Å². The summed E-state index contributed by atoms with van der Waals surface area (Å²) < 4.78 is 6.59. The first-order chi connectivity index (χ1) is 8.20. The van der Waals surface area contributed by atoms with Gasteiger partial charge in [-0.1, -0.05) is 15.9 Å². The van der Waals surface area contributed by atoms with Crippen LogP contribution in [0.4, 0.5) is 0 Å². The molecule has 0 spiro atoms. The van der Waals surface area contributed by atoms with Gasteiger partial charge in [-0.3, -0.25) is 4.79 Å². The standard InChI is InChI=1S/C13H16BrNO2/c1-2-15-13(16)11-7-10(14)5-6-12(11)17-8-9-3-4-9/h5-7,9H,2-4,8H2,1H3,(H,15,16). The molecule has 3 nitrogen and oxygen atoms in total. The molecule has 1 N–H and O–H groups in total. The van der Waals surface area contributed by atoms with Crippen molar-refractivity contribution in [1.29, 1.82) is 0 Å². The number of benzene rings is 1. The Labute approximate surface area is 110 Å². The quantitative estimate of drug-likeness (QED) is 0.907. The lowest BCUT2D eigenvalue weighted by atomic mass is 10.2. The van der Waals surface area contributed by atoms with Gasteiger partial charge in [0.2, 0.25) is 0 Å². The largest absolute Gasteiger partial charge is 0.492 e. The summed E-state index contributed by atoms with van der Waals surface area (Å²) in [6.07, 6.45) is 2.49. The summed E-state index contributed by atoms with van der Waals surface area (Å²) >= 11 is 3.37. The molecule has 17 heavy (non-hydrogen) atoms. The molecular weight excluding hydrogens is 282 g/mol. The van der Waals surface area contributed by atoms with Crippen molar-refractivity contribution in [3.8, 4) is 5.75 Å². The summed E-state index contributed by atoms with van der Waals surface area (Å²) in [6.45, 7) is 3.24. The Kier molecular flexibility index (Phi) is 4.05. The van der Waals surface area contributed by atoms with E-state index < -0.39 is 0 Å². The molecule has 0 heterocycles. The van der Waals surface area contributed by atoms with Gasteiger partial charge < -0.3 is 10.1 Å². The van der Waals surface area contributed by atoms with Crippen LogP contribution in [0, 0.1) is 5.92 Å². The minimum atomic E-state index is -0.0837. The Morgan fingerprint density at radius 3 is 2.94 bits per heavy atom. The lowest BCUT2D eigenvalue weighted by Gasteiger charge is -2.11. The van der Waals surface area contributed by atoms with Crippen molar-refractivity contribution in [2.24, 2.45) is 5.92 Å². The zero-order valence-corrected chi connectivity index (χ0v) is 11.4. The Bertz CT molecular complexity index is 416. The first-order valence-corrected chi connectivity index (χ1v) is 6.70. The minimum absolute atomic E-state index is 0.0837. The highest BCUT2D eigenvalue weighted by Gasteiger charge is 2.23. The maximum atomic E-state index is 11.9. The molecule has 1 aromatic rings. The summed E-state index contributed by atoms with van der Waals surface area (Å²) in [5, 5.41) is 2.79. The Balaban J connectivity index is 2.13. The first-order valence-electron chi connectivity index (χ1n) is 5.91. The van der Waals surface area contributed by atoms with Gasteiger partial charge >= 0.3 is 0 Å². The summed E-state index contributed by atoms with van der Waals surface area (Å²) in [6, 6.07) is 5.54. The number of carbonyl (C=O) groups excluding carboxylic acids is 1. The average Bonchev–Trinajstić information content (AvgIpc) is 3.11. The molecule has 2 rings (SSSR count). The predicted octanol–water partition coefficient (Wildman–Crippen LogP) is 2.99. The van der Waals surface area contributed by atoms with Gasteiger partial charge in [-0.15, -0.1) is 0 Å². The van der Waals surface area contributed by atoms with E-state index in [-0.39, 0.29) is 5.91 Å². The molecule has 0 atom stereocenters. The number of nitrogens with one attached hydrogen (secondary N) is 1.